The van der Waals surface area contributed by atoms with Crippen LogP contribution in [-0.2, 0) is 4.79 Å². The van der Waals surface area contributed by atoms with Crippen LogP contribution >= 0.6 is 0 Å². The summed E-state index contributed by atoms with van der Waals surface area (Å²) >= 11 is 0. The minimum absolute atomic E-state index is 0.0308. The van der Waals surface area contributed by atoms with Crippen molar-refractivity contribution in [2.75, 3.05) is 27.2 Å². The first-order chi connectivity index (χ1) is 8.03. The van der Waals surface area contributed by atoms with Gasteiger partial charge in [-0.3, -0.25) is 4.79 Å². The molecule has 1 aliphatic rings. The van der Waals surface area contributed by atoms with Gasteiger partial charge in [-0.05, 0) is 46.3 Å². The molecule has 0 bridgehead atoms. The van der Waals surface area contributed by atoms with Crippen molar-refractivity contribution in [3.05, 3.63) is 0 Å². The van der Waals surface area contributed by atoms with Crippen molar-refractivity contribution in [3.8, 4) is 0 Å². The van der Waals surface area contributed by atoms with Gasteiger partial charge in [0.05, 0.1) is 0 Å². The van der Waals surface area contributed by atoms with E-state index in [1.54, 1.807) is 0 Å². The average Bonchev–Trinajstić information content (AvgIpc) is 3.08. The van der Waals surface area contributed by atoms with Gasteiger partial charge in [0.15, 0.2) is 5.84 Å². The maximum atomic E-state index is 11.8. The van der Waals surface area contributed by atoms with Gasteiger partial charge in [-0.25, -0.2) is 0 Å². The summed E-state index contributed by atoms with van der Waals surface area (Å²) < 4.78 is 0. The first-order valence-corrected chi connectivity index (χ1v) is 5.94. The molecule has 1 rings (SSSR count). The summed E-state index contributed by atoms with van der Waals surface area (Å²) in [5.41, 5.74) is 4.79. The lowest BCUT2D eigenvalue weighted by atomic mass is 10.1. The Morgan fingerprint density at radius 1 is 1.47 bits per heavy atom. The lowest BCUT2D eigenvalue weighted by molar-refractivity contribution is -0.124. The molecule has 6 nitrogen and oxygen atoms in total. The molecule has 4 N–H and O–H groups in total. The fraction of sp³-hybridized carbons (Fsp3) is 0.818. The van der Waals surface area contributed by atoms with Crippen molar-refractivity contribution in [1.82, 2.24) is 10.2 Å². The van der Waals surface area contributed by atoms with E-state index in [1.807, 2.05) is 14.1 Å². The number of amidine groups is 1. The monoisotopic (exact) mass is 242 g/mol. The van der Waals surface area contributed by atoms with Gasteiger partial charge in [-0.2, -0.15) is 0 Å². The third-order valence-corrected chi connectivity index (χ3v) is 3.10. The van der Waals surface area contributed by atoms with Crippen molar-refractivity contribution < 1.29 is 10.0 Å². The second kappa shape index (κ2) is 5.86. The topological polar surface area (TPSA) is 91.0 Å². The normalized spacial score (nSPS) is 18.2. The molecule has 0 unspecified atom stereocenters. The van der Waals surface area contributed by atoms with Gasteiger partial charge < -0.3 is 21.2 Å². The molecule has 0 aromatic heterocycles. The van der Waals surface area contributed by atoms with Crippen LogP contribution in [0.25, 0.3) is 0 Å². The lowest BCUT2D eigenvalue weighted by Crippen LogP contribution is -2.41. The third-order valence-electron chi connectivity index (χ3n) is 3.10. The second-order valence-corrected chi connectivity index (χ2v) is 4.83. The molecule has 1 fully saturated rings. The van der Waals surface area contributed by atoms with Crippen molar-refractivity contribution in [2.45, 2.75) is 25.7 Å². The highest BCUT2D eigenvalue weighted by Gasteiger charge is 2.53. The van der Waals surface area contributed by atoms with Crippen LogP contribution in [0.3, 0.4) is 0 Å². The van der Waals surface area contributed by atoms with Crippen LogP contribution in [0.5, 0.6) is 0 Å². The molecule has 17 heavy (non-hydrogen) atoms. The van der Waals surface area contributed by atoms with Crippen LogP contribution in [0.15, 0.2) is 5.16 Å². The van der Waals surface area contributed by atoms with Gasteiger partial charge in [0, 0.05) is 6.54 Å². The smallest absolute Gasteiger partial charge is 0.233 e. The zero-order valence-electron chi connectivity index (χ0n) is 10.6. The molecule has 0 atom stereocenters. The zero-order valence-corrected chi connectivity index (χ0v) is 10.6. The van der Waals surface area contributed by atoms with Gasteiger partial charge in [0.2, 0.25) is 5.91 Å². The van der Waals surface area contributed by atoms with Crippen LogP contribution in [0.4, 0.5) is 0 Å². The number of carbonyl (C=O) groups is 1. The molecular weight excluding hydrogens is 220 g/mol. The number of nitrogens with zero attached hydrogens (tertiary/aromatic N) is 2. The van der Waals surface area contributed by atoms with Crippen molar-refractivity contribution >= 4 is 11.7 Å². The SMILES string of the molecule is CN(C)CCCCNC(=O)C1(C(N)=NO)CC1. The van der Waals surface area contributed by atoms with E-state index in [4.69, 9.17) is 10.9 Å². The summed E-state index contributed by atoms with van der Waals surface area (Å²) in [6, 6.07) is 0. The van der Waals surface area contributed by atoms with Gasteiger partial charge >= 0.3 is 0 Å². The molecule has 6 heteroatoms. The third kappa shape index (κ3) is 3.59. The van der Waals surface area contributed by atoms with Crippen LogP contribution < -0.4 is 11.1 Å². The summed E-state index contributed by atoms with van der Waals surface area (Å²) in [6.07, 6.45) is 3.33. The first-order valence-electron chi connectivity index (χ1n) is 5.94. The van der Waals surface area contributed by atoms with E-state index in [9.17, 15) is 4.79 Å². The summed E-state index contributed by atoms with van der Waals surface area (Å²) in [6.45, 7) is 1.66. The van der Waals surface area contributed by atoms with Gasteiger partial charge in [0.25, 0.3) is 0 Å². The van der Waals surface area contributed by atoms with E-state index >= 15 is 0 Å². The van der Waals surface area contributed by atoms with Gasteiger partial charge in [0.1, 0.15) is 5.41 Å². The molecule has 1 amide bonds. The van der Waals surface area contributed by atoms with E-state index < -0.39 is 5.41 Å². The van der Waals surface area contributed by atoms with E-state index in [2.05, 4.69) is 15.4 Å². The molecule has 0 spiro atoms. The number of nitrogens with one attached hydrogen (secondary N) is 1. The van der Waals surface area contributed by atoms with Crippen LogP contribution in [0.2, 0.25) is 0 Å². The van der Waals surface area contributed by atoms with Crippen LogP contribution in [0, 0.1) is 5.41 Å². The summed E-state index contributed by atoms with van der Waals surface area (Å²) in [7, 11) is 4.05. The second-order valence-electron chi connectivity index (χ2n) is 4.83. The molecule has 98 valence electrons. The molecule has 0 radical (unpaired) electrons. The molecule has 0 aromatic carbocycles. The molecule has 1 aliphatic carbocycles. The van der Waals surface area contributed by atoms with E-state index in [0.717, 1.165) is 19.4 Å². The maximum absolute atomic E-state index is 11.8. The number of unbranched alkanes of at least 4 members (excludes halogenated alkanes) is 1. The first kappa shape index (κ1) is 13.8. The quantitative estimate of drug-likeness (QED) is 0.192. The fourth-order valence-corrected chi connectivity index (χ4v) is 1.74. The Bertz CT molecular complexity index is 298. The minimum Gasteiger partial charge on any atom is -0.409 e. The van der Waals surface area contributed by atoms with Crippen molar-refractivity contribution in [2.24, 2.45) is 16.3 Å². The number of hydrogen-bond acceptors (Lipinski definition) is 4. The fourth-order valence-electron chi connectivity index (χ4n) is 1.74. The maximum Gasteiger partial charge on any atom is 0.233 e. The number of carbonyl (C=O) groups excluding carboxylic acids is 1. The van der Waals surface area contributed by atoms with Crippen LogP contribution in [0.1, 0.15) is 25.7 Å². The Hall–Kier alpha value is -1.30. The molecule has 0 heterocycles. The number of oxime groups is 1. The van der Waals surface area contributed by atoms with Gasteiger partial charge in [-0.15, -0.1) is 0 Å². The summed E-state index contributed by atoms with van der Waals surface area (Å²) in [5, 5.41) is 14.4. The van der Waals surface area contributed by atoms with Crippen molar-refractivity contribution in [3.63, 3.8) is 0 Å². The highest BCUT2D eigenvalue weighted by atomic mass is 16.4. The number of rotatable bonds is 7. The summed E-state index contributed by atoms with van der Waals surface area (Å²) in [4.78, 5) is 13.9. The Labute approximate surface area is 102 Å². The summed E-state index contributed by atoms with van der Waals surface area (Å²) in [5.74, 6) is -0.0825. The molecule has 1 saturated carbocycles. The number of amides is 1. The highest BCUT2D eigenvalue weighted by Crippen LogP contribution is 2.45. The predicted molar refractivity (Wildman–Crippen MR) is 65.9 cm³/mol. The number of nitrogens with two attached hydrogens (primary N) is 1. The molecular formula is C11H22N4O2. The van der Waals surface area contributed by atoms with E-state index in [1.165, 1.54) is 0 Å². The Kier molecular flexibility index (Phi) is 4.74. The molecule has 0 saturated heterocycles. The Balaban J connectivity index is 2.22. The van der Waals surface area contributed by atoms with Gasteiger partial charge in [-0.1, -0.05) is 5.16 Å². The van der Waals surface area contributed by atoms with E-state index in [-0.39, 0.29) is 11.7 Å². The Morgan fingerprint density at radius 2 is 2.12 bits per heavy atom. The number of hydrogen-bond donors (Lipinski definition) is 3. The standard InChI is InChI=1S/C11H22N4O2/c1-15(2)8-4-3-7-13-10(16)11(5-6-11)9(12)14-17/h17H,3-8H2,1-2H3,(H2,12,14)(H,13,16). The van der Waals surface area contributed by atoms with E-state index in [0.29, 0.717) is 19.4 Å². The highest BCUT2D eigenvalue weighted by molar-refractivity contribution is 6.09. The minimum atomic E-state index is -0.726. The molecule has 0 aliphatic heterocycles. The Morgan fingerprint density at radius 3 is 2.59 bits per heavy atom. The molecule has 0 aromatic rings. The zero-order chi connectivity index (χ0) is 12.9. The average molecular weight is 242 g/mol. The predicted octanol–water partition coefficient (Wildman–Crippen LogP) is -0.0290. The lowest BCUT2D eigenvalue weighted by Gasteiger charge is -2.14. The largest absolute Gasteiger partial charge is 0.409 e. The van der Waals surface area contributed by atoms with Crippen LogP contribution in [-0.4, -0.2) is 49.0 Å². The van der Waals surface area contributed by atoms with Crippen molar-refractivity contribution in [1.29, 1.82) is 0 Å².